The summed E-state index contributed by atoms with van der Waals surface area (Å²) in [4.78, 5) is 8.05. The Morgan fingerprint density at radius 3 is 2.82 bits per heavy atom. The first-order valence-corrected chi connectivity index (χ1v) is 7.77. The third kappa shape index (κ3) is 2.29. The number of hydrogen-bond donors (Lipinski definition) is 2. The Morgan fingerprint density at radius 1 is 1.05 bits per heavy atom. The first kappa shape index (κ1) is 13.1. The second-order valence-corrected chi connectivity index (χ2v) is 5.84. The molecular weight excluding hydrogens is 272 g/mol. The molecule has 2 aromatic carbocycles. The molecule has 1 aromatic heterocycles. The molecule has 0 radical (unpaired) electrons. The van der Waals surface area contributed by atoms with Gasteiger partial charge in [0, 0.05) is 28.4 Å². The van der Waals surface area contributed by atoms with E-state index in [4.69, 9.17) is 0 Å². The number of aryl methyl sites for hydroxylation is 2. The van der Waals surface area contributed by atoms with Gasteiger partial charge in [0.15, 0.2) is 0 Å². The fraction of sp³-hybridized carbons (Fsp3) is 0.211. The van der Waals surface area contributed by atoms with Gasteiger partial charge in [0.1, 0.15) is 5.75 Å². The van der Waals surface area contributed by atoms with Crippen molar-refractivity contribution in [1.29, 1.82) is 0 Å². The van der Waals surface area contributed by atoms with Gasteiger partial charge in [0.25, 0.3) is 0 Å². The van der Waals surface area contributed by atoms with Crippen LogP contribution >= 0.6 is 0 Å². The molecular formula is C19H18N2O. The molecule has 0 saturated heterocycles. The summed E-state index contributed by atoms with van der Waals surface area (Å²) in [7, 11) is 0. The predicted molar refractivity (Wildman–Crippen MR) is 90.3 cm³/mol. The monoisotopic (exact) mass is 290 g/mol. The van der Waals surface area contributed by atoms with Gasteiger partial charge in [-0.25, -0.2) is 0 Å². The van der Waals surface area contributed by atoms with Crippen LogP contribution in [0.1, 0.15) is 29.7 Å². The van der Waals surface area contributed by atoms with Crippen LogP contribution in [0.3, 0.4) is 0 Å². The van der Waals surface area contributed by atoms with Gasteiger partial charge in [0.05, 0.1) is 5.69 Å². The third-order valence-corrected chi connectivity index (χ3v) is 4.37. The molecule has 4 rings (SSSR count). The van der Waals surface area contributed by atoms with Gasteiger partial charge in [-0.05, 0) is 61.6 Å². The zero-order valence-corrected chi connectivity index (χ0v) is 12.3. The first-order valence-electron chi connectivity index (χ1n) is 7.77. The highest BCUT2D eigenvalue weighted by atomic mass is 16.3. The van der Waals surface area contributed by atoms with Gasteiger partial charge in [-0.2, -0.15) is 0 Å². The molecule has 1 aliphatic carbocycles. The van der Waals surface area contributed by atoms with Crippen molar-refractivity contribution >= 4 is 22.8 Å². The van der Waals surface area contributed by atoms with E-state index in [9.17, 15) is 5.11 Å². The van der Waals surface area contributed by atoms with E-state index in [1.165, 1.54) is 35.0 Å². The Bertz CT molecular complexity index is 861. The lowest BCUT2D eigenvalue weighted by molar-refractivity contribution is 0.474. The Labute approximate surface area is 129 Å². The fourth-order valence-corrected chi connectivity index (χ4v) is 3.22. The van der Waals surface area contributed by atoms with Crippen molar-refractivity contribution in [2.75, 3.05) is 0 Å². The van der Waals surface area contributed by atoms with Crippen LogP contribution in [0.5, 0.6) is 5.75 Å². The van der Waals surface area contributed by atoms with Gasteiger partial charge in [-0.1, -0.05) is 12.1 Å². The maximum Gasteiger partial charge on any atom is 0.124 e. The van der Waals surface area contributed by atoms with Gasteiger partial charge in [-0.15, -0.1) is 0 Å². The van der Waals surface area contributed by atoms with E-state index in [-0.39, 0.29) is 5.75 Å². The first-order chi connectivity index (χ1) is 10.8. The number of aliphatic imine (C=N–C) groups is 1. The number of hydrogen-bond acceptors (Lipinski definition) is 2. The van der Waals surface area contributed by atoms with Crippen LogP contribution in [-0.2, 0) is 12.8 Å². The highest BCUT2D eigenvalue weighted by Crippen LogP contribution is 2.31. The minimum absolute atomic E-state index is 0.256. The molecule has 0 amide bonds. The Balaban J connectivity index is 1.72. The van der Waals surface area contributed by atoms with Crippen LogP contribution in [0.4, 0.5) is 5.69 Å². The molecule has 0 saturated carbocycles. The number of aromatic amines is 1. The lowest BCUT2D eigenvalue weighted by Gasteiger charge is -2.10. The molecule has 3 heteroatoms. The summed E-state index contributed by atoms with van der Waals surface area (Å²) < 4.78 is 0. The second-order valence-electron chi connectivity index (χ2n) is 5.84. The van der Waals surface area contributed by atoms with Crippen LogP contribution in [0.2, 0.25) is 0 Å². The Hall–Kier alpha value is -2.55. The van der Waals surface area contributed by atoms with Crippen molar-refractivity contribution in [2.24, 2.45) is 4.99 Å². The van der Waals surface area contributed by atoms with Gasteiger partial charge in [0.2, 0.25) is 0 Å². The average molecular weight is 290 g/mol. The van der Waals surface area contributed by atoms with E-state index >= 15 is 0 Å². The molecule has 0 atom stereocenters. The standard InChI is InChI=1S/C19H18N2O/c22-19-8-4-1-5-13(19)12-20-14-9-10-18-16(11-14)15-6-2-3-7-17(15)21-18/h1,4-5,8-12,21-22H,2-3,6-7H2. The second kappa shape index (κ2) is 5.34. The summed E-state index contributed by atoms with van der Waals surface area (Å²) in [6, 6.07) is 13.5. The van der Waals surface area contributed by atoms with E-state index in [1.807, 2.05) is 24.3 Å². The zero-order chi connectivity index (χ0) is 14.9. The molecule has 0 unspecified atom stereocenters. The van der Waals surface area contributed by atoms with Crippen molar-refractivity contribution in [2.45, 2.75) is 25.7 Å². The summed E-state index contributed by atoms with van der Waals surface area (Å²) in [5, 5.41) is 11.1. The summed E-state index contributed by atoms with van der Waals surface area (Å²) in [6.07, 6.45) is 6.57. The molecule has 3 aromatic rings. The van der Waals surface area contributed by atoms with E-state index in [2.05, 4.69) is 22.1 Å². The number of aromatic hydroxyl groups is 1. The quantitative estimate of drug-likeness (QED) is 0.671. The largest absolute Gasteiger partial charge is 0.507 e. The average Bonchev–Trinajstić information content (AvgIpc) is 2.92. The van der Waals surface area contributed by atoms with Crippen LogP contribution in [0, 0.1) is 0 Å². The highest BCUT2D eigenvalue weighted by molar-refractivity contribution is 5.90. The smallest absolute Gasteiger partial charge is 0.124 e. The summed E-state index contributed by atoms with van der Waals surface area (Å²) in [5.74, 6) is 0.256. The van der Waals surface area contributed by atoms with E-state index in [0.717, 1.165) is 24.1 Å². The summed E-state index contributed by atoms with van der Waals surface area (Å²) in [5.41, 5.74) is 5.71. The topological polar surface area (TPSA) is 48.4 Å². The number of phenolic OH excluding ortho intramolecular Hbond substituents is 1. The van der Waals surface area contributed by atoms with Gasteiger partial charge < -0.3 is 10.1 Å². The van der Waals surface area contributed by atoms with Crippen molar-refractivity contribution in [3.63, 3.8) is 0 Å². The normalized spacial score (nSPS) is 14.5. The molecule has 0 fully saturated rings. The fourth-order valence-electron chi connectivity index (χ4n) is 3.22. The number of benzene rings is 2. The number of aromatic nitrogens is 1. The van der Waals surface area contributed by atoms with E-state index in [1.54, 1.807) is 12.3 Å². The number of nitrogens with one attached hydrogen (secondary N) is 1. The molecule has 22 heavy (non-hydrogen) atoms. The number of phenols is 1. The van der Waals surface area contributed by atoms with Crippen molar-refractivity contribution in [3.05, 3.63) is 59.3 Å². The van der Waals surface area contributed by atoms with E-state index < -0.39 is 0 Å². The third-order valence-electron chi connectivity index (χ3n) is 4.37. The maximum atomic E-state index is 9.79. The minimum atomic E-state index is 0.256. The molecule has 3 nitrogen and oxygen atoms in total. The van der Waals surface area contributed by atoms with Crippen molar-refractivity contribution in [1.82, 2.24) is 4.98 Å². The Morgan fingerprint density at radius 2 is 1.91 bits per heavy atom. The lowest BCUT2D eigenvalue weighted by atomic mass is 9.95. The number of H-pyrrole nitrogens is 1. The zero-order valence-electron chi connectivity index (χ0n) is 12.3. The Kier molecular flexibility index (Phi) is 3.19. The van der Waals surface area contributed by atoms with Gasteiger partial charge >= 0.3 is 0 Å². The number of nitrogens with zero attached hydrogens (tertiary/aromatic N) is 1. The molecule has 0 spiro atoms. The van der Waals surface area contributed by atoms with Crippen LogP contribution < -0.4 is 0 Å². The molecule has 2 N–H and O–H groups in total. The molecule has 1 heterocycles. The number of rotatable bonds is 2. The van der Waals surface area contributed by atoms with Crippen LogP contribution in [0.25, 0.3) is 10.9 Å². The maximum absolute atomic E-state index is 9.79. The van der Waals surface area contributed by atoms with Crippen molar-refractivity contribution < 1.29 is 5.11 Å². The van der Waals surface area contributed by atoms with Crippen LogP contribution in [0.15, 0.2) is 47.5 Å². The SMILES string of the molecule is Oc1ccccc1C=Nc1ccc2[nH]c3c(c2c1)CCCC3. The molecule has 110 valence electrons. The predicted octanol–water partition coefficient (Wildman–Crippen LogP) is 4.50. The molecule has 0 bridgehead atoms. The van der Waals surface area contributed by atoms with Crippen LogP contribution in [-0.4, -0.2) is 16.3 Å². The molecule has 0 aliphatic heterocycles. The van der Waals surface area contributed by atoms with E-state index in [0.29, 0.717) is 0 Å². The van der Waals surface area contributed by atoms with Crippen molar-refractivity contribution in [3.8, 4) is 5.75 Å². The summed E-state index contributed by atoms with van der Waals surface area (Å²) in [6.45, 7) is 0. The number of para-hydroxylation sites is 1. The minimum Gasteiger partial charge on any atom is -0.507 e. The highest BCUT2D eigenvalue weighted by Gasteiger charge is 2.15. The lowest BCUT2D eigenvalue weighted by Crippen LogP contribution is -1.99. The summed E-state index contributed by atoms with van der Waals surface area (Å²) >= 11 is 0. The molecule has 1 aliphatic rings. The number of fused-ring (bicyclic) bond motifs is 3. The van der Waals surface area contributed by atoms with Gasteiger partial charge in [-0.3, -0.25) is 4.99 Å².